The summed E-state index contributed by atoms with van der Waals surface area (Å²) in [6.07, 6.45) is 1.63. The van der Waals surface area contributed by atoms with Crippen LogP contribution in [0.3, 0.4) is 0 Å². The summed E-state index contributed by atoms with van der Waals surface area (Å²) in [4.78, 5) is 19.1. The van der Waals surface area contributed by atoms with Crippen LogP contribution in [-0.2, 0) is 0 Å². The van der Waals surface area contributed by atoms with Crippen molar-refractivity contribution in [2.75, 3.05) is 0 Å². The summed E-state index contributed by atoms with van der Waals surface area (Å²) >= 11 is 12.0. The fourth-order valence-electron chi connectivity index (χ4n) is 2.58. The molecule has 0 aliphatic heterocycles. The Hall–Kier alpha value is -3.22. The smallest absolute Gasteiger partial charge is 0.269 e. The van der Waals surface area contributed by atoms with E-state index in [0.717, 1.165) is 11.1 Å². The van der Waals surface area contributed by atoms with E-state index in [0.29, 0.717) is 32.7 Å². The van der Waals surface area contributed by atoms with Gasteiger partial charge >= 0.3 is 0 Å². The Morgan fingerprint density at radius 2 is 1.79 bits per heavy atom. The maximum absolute atomic E-state index is 10.7. The van der Waals surface area contributed by atoms with E-state index in [1.807, 2.05) is 0 Å². The Morgan fingerprint density at radius 3 is 2.50 bits per heavy atom. The number of benzene rings is 3. The van der Waals surface area contributed by atoms with Gasteiger partial charge in [0.1, 0.15) is 5.52 Å². The van der Waals surface area contributed by atoms with Crippen molar-refractivity contribution in [3.63, 3.8) is 0 Å². The number of oxazole rings is 1. The molecule has 28 heavy (non-hydrogen) atoms. The first-order chi connectivity index (χ1) is 13.5. The zero-order chi connectivity index (χ0) is 19.7. The van der Waals surface area contributed by atoms with Gasteiger partial charge in [-0.05, 0) is 54.1 Å². The summed E-state index contributed by atoms with van der Waals surface area (Å²) in [6.45, 7) is 0. The first-order valence-electron chi connectivity index (χ1n) is 8.14. The molecule has 0 saturated carbocycles. The number of rotatable bonds is 4. The van der Waals surface area contributed by atoms with Crippen molar-refractivity contribution in [3.8, 4) is 11.5 Å². The highest BCUT2D eigenvalue weighted by Crippen LogP contribution is 2.31. The van der Waals surface area contributed by atoms with Crippen molar-refractivity contribution >= 4 is 51.9 Å². The minimum Gasteiger partial charge on any atom is -0.436 e. The summed E-state index contributed by atoms with van der Waals surface area (Å²) in [6, 6.07) is 16.7. The average molecular weight is 412 g/mol. The molecule has 138 valence electrons. The molecule has 0 radical (unpaired) electrons. The van der Waals surface area contributed by atoms with E-state index >= 15 is 0 Å². The van der Waals surface area contributed by atoms with Crippen molar-refractivity contribution in [2.45, 2.75) is 0 Å². The van der Waals surface area contributed by atoms with Gasteiger partial charge in [0.2, 0.25) is 5.89 Å². The van der Waals surface area contributed by atoms with Crippen molar-refractivity contribution < 1.29 is 9.34 Å². The molecular formula is C20H11Cl2N3O3. The van der Waals surface area contributed by atoms with Crippen molar-refractivity contribution in [3.05, 3.63) is 86.4 Å². The molecule has 0 amide bonds. The second-order valence-corrected chi connectivity index (χ2v) is 6.72. The van der Waals surface area contributed by atoms with Gasteiger partial charge in [0.15, 0.2) is 5.58 Å². The van der Waals surface area contributed by atoms with Gasteiger partial charge in [0.05, 0.1) is 20.7 Å². The first kappa shape index (κ1) is 18.2. The van der Waals surface area contributed by atoms with E-state index in [9.17, 15) is 10.1 Å². The number of hydrogen-bond acceptors (Lipinski definition) is 5. The normalized spacial score (nSPS) is 11.4. The molecule has 0 N–H and O–H groups in total. The van der Waals surface area contributed by atoms with Crippen LogP contribution in [0.15, 0.2) is 70.1 Å². The number of nitro groups is 1. The fraction of sp³-hybridized carbons (Fsp3) is 0. The predicted molar refractivity (Wildman–Crippen MR) is 110 cm³/mol. The van der Waals surface area contributed by atoms with Gasteiger partial charge in [-0.3, -0.25) is 15.1 Å². The molecule has 4 rings (SSSR count). The van der Waals surface area contributed by atoms with E-state index < -0.39 is 4.92 Å². The van der Waals surface area contributed by atoms with Crippen LogP contribution in [0.25, 0.3) is 22.6 Å². The molecule has 0 unspecified atom stereocenters. The van der Waals surface area contributed by atoms with Crippen molar-refractivity contribution in [1.82, 2.24) is 4.98 Å². The molecule has 0 aliphatic rings. The standard InChI is InChI=1S/C20H11Cl2N3O3/c21-16-7-3-13(9-17(16)22)20-24-18-10-14(4-8-19(18)28-20)23-11-12-1-5-15(6-2-12)25(26)27/h1-11H. The zero-order valence-corrected chi connectivity index (χ0v) is 15.7. The summed E-state index contributed by atoms with van der Waals surface area (Å²) in [5.74, 6) is 0.435. The molecule has 3 aromatic carbocycles. The van der Waals surface area contributed by atoms with E-state index in [-0.39, 0.29) is 5.69 Å². The molecule has 8 heteroatoms. The molecule has 0 bridgehead atoms. The molecule has 1 aromatic heterocycles. The second kappa shape index (κ2) is 7.42. The molecule has 0 saturated heterocycles. The van der Waals surface area contributed by atoms with E-state index in [1.54, 1.807) is 54.7 Å². The number of nitrogens with zero attached hydrogens (tertiary/aromatic N) is 3. The summed E-state index contributed by atoms with van der Waals surface area (Å²) in [5.41, 5.74) is 3.47. The molecule has 0 spiro atoms. The van der Waals surface area contributed by atoms with Crippen LogP contribution in [0.5, 0.6) is 0 Å². The lowest BCUT2D eigenvalue weighted by Gasteiger charge is -1.97. The highest BCUT2D eigenvalue weighted by Gasteiger charge is 2.10. The number of nitro benzene ring substituents is 1. The van der Waals surface area contributed by atoms with Crippen molar-refractivity contribution in [2.24, 2.45) is 4.99 Å². The molecular weight excluding hydrogens is 401 g/mol. The van der Waals surface area contributed by atoms with Gasteiger partial charge < -0.3 is 4.42 Å². The Labute approximate surface area is 169 Å². The maximum Gasteiger partial charge on any atom is 0.269 e. The second-order valence-electron chi connectivity index (χ2n) is 5.91. The number of hydrogen-bond donors (Lipinski definition) is 0. The zero-order valence-electron chi connectivity index (χ0n) is 14.2. The van der Waals surface area contributed by atoms with Crippen LogP contribution in [0.2, 0.25) is 10.0 Å². The number of aromatic nitrogens is 1. The minimum atomic E-state index is -0.440. The van der Waals surface area contributed by atoms with Crippen LogP contribution in [-0.4, -0.2) is 16.1 Å². The SMILES string of the molecule is O=[N+]([O-])c1ccc(C=Nc2ccc3oc(-c4ccc(Cl)c(Cl)c4)nc3c2)cc1. The molecule has 1 heterocycles. The quantitative estimate of drug-likeness (QED) is 0.219. The van der Waals surface area contributed by atoms with Gasteiger partial charge in [0.25, 0.3) is 5.69 Å². The minimum absolute atomic E-state index is 0.0380. The molecule has 6 nitrogen and oxygen atoms in total. The third-order valence-electron chi connectivity index (χ3n) is 4.00. The lowest BCUT2D eigenvalue weighted by atomic mass is 10.2. The Bertz CT molecular complexity index is 1220. The average Bonchev–Trinajstić information content (AvgIpc) is 3.12. The van der Waals surface area contributed by atoms with Crippen LogP contribution < -0.4 is 0 Å². The summed E-state index contributed by atoms with van der Waals surface area (Å²) in [5, 5.41) is 11.6. The number of non-ortho nitro benzene ring substituents is 1. The molecule has 4 aromatic rings. The Morgan fingerprint density at radius 1 is 1.00 bits per heavy atom. The monoisotopic (exact) mass is 411 g/mol. The molecule has 0 atom stereocenters. The molecule has 0 fully saturated rings. The van der Waals surface area contributed by atoms with Gasteiger partial charge in [-0.1, -0.05) is 23.2 Å². The highest BCUT2D eigenvalue weighted by atomic mass is 35.5. The van der Waals surface area contributed by atoms with E-state index in [4.69, 9.17) is 27.6 Å². The third kappa shape index (κ3) is 3.74. The lowest BCUT2D eigenvalue weighted by molar-refractivity contribution is -0.384. The van der Waals surface area contributed by atoms with E-state index in [1.165, 1.54) is 12.1 Å². The Balaban J connectivity index is 1.60. The van der Waals surface area contributed by atoms with Gasteiger partial charge in [-0.25, -0.2) is 4.98 Å². The van der Waals surface area contributed by atoms with Crippen LogP contribution in [0.1, 0.15) is 5.56 Å². The first-order valence-corrected chi connectivity index (χ1v) is 8.90. The van der Waals surface area contributed by atoms with Crippen molar-refractivity contribution in [1.29, 1.82) is 0 Å². The van der Waals surface area contributed by atoms with Gasteiger partial charge in [-0.2, -0.15) is 0 Å². The third-order valence-corrected chi connectivity index (χ3v) is 4.74. The summed E-state index contributed by atoms with van der Waals surface area (Å²) < 4.78 is 5.77. The number of aliphatic imine (C=N–C) groups is 1. The number of halogens is 2. The summed E-state index contributed by atoms with van der Waals surface area (Å²) in [7, 11) is 0. The largest absolute Gasteiger partial charge is 0.436 e. The van der Waals surface area contributed by atoms with Gasteiger partial charge in [0, 0.05) is 23.9 Å². The topological polar surface area (TPSA) is 81.5 Å². The maximum atomic E-state index is 10.7. The van der Waals surface area contributed by atoms with E-state index in [2.05, 4.69) is 9.98 Å². The number of fused-ring (bicyclic) bond motifs is 1. The van der Waals surface area contributed by atoms with Crippen LogP contribution >= 0.6 is 23.2 Å². The fourth-order valence-corrected chi connectivity index (χ4v) is 2.88. The Kier molecular flexibility index (Phi) is 4.81. The highest BCUT2D eigenvalue weighted by molar-refractivity contribution is 6.42. The van der Waals surface area contributed by atoms with Crippen LogP contribution in [0, 0.1) is 10.1 Å². The lowest BCUT2D eigenvalue weighted by Crippen LogP contribution is -1.88. The predicted octanol–water partition coefficient (Wildman–Crippen LogP) is 6.46. The molecule has 0 aliphatic carbocycles. The van der Waals surface area contributed by atoms with Gasteiger partial charge in [-0.15, -0.1) is 0 Å². The van der Waals surface area contributed by atoms with Crippen LogP contribution in [0.4, 0.5) is 11.4 Å².